The predicted molar refractivity (Wildman–Crippen MR) is 114 cm³/mol. The van der Waals surface area contributed by atoms with Gasteiger partial charge in [-0.25, -0.2) is 9.97 Å². The Balaban J connectivity index is 1.78. The van der Waals surface area contributed by atoms with Gasteiger partial charge in [0.25, 0.3) is 0 Å². The van der Waals surface area contributed by atoms with Crippen LogP contribution in [0, 0.1) is 6.92 Å². The van der Waals surface area contributed by atoms with Gasteiger partial charge in [0.1, 0.15) is 11.6 Å². The van der Waals surface area contributed by atoms with Crippen molar-refractivity contribution in [3.05, 3.63) is 58.9 Å². The largest absolute Gasteiger partial charge is 0.416 e. The fourth-order valence-corrected chi connectivity index (χ4v) is 4.09. The van der Waals surface area contributed by atoms with Gasteiger partial charge in [-0.15, -0.1) is 0 Å². The molecular weight excluding hydrogens is 405 g/mol. The Kier molecular flexibility index (Phi) is 4.72. The highest BCUT2D eigenvalue weighted by atomic mass is 19.4. The minimum absolute atomic E-state index is 0.00525. The van der Waals surface area contributed by atoms with Gasteiger partial charge in [-0.3, -0.25) is 4.79 Å². The topological polar surface area (TPSA) is 58.1 Å². The number of benzene rings is 2. The summed E-state index contributed by atoms with van der Waals surface area (Å²) in [7, 11) is 1.73. The van der Waals surface area contributed by atoms with E-state index in [-0.39, 0.29) is 5.91 Å². The van der Waals surface area contributed by atoms with E-state index < -0.39 is 23.2 Å². The van der Waals surface area contributed by atoms with E-state index in [0.29, 0.717) is 28.1 Å². The molecule has 1 aliphatic rings. The summed E-state index contributed by atoms with van der Waals surface area (Å²) in [6.45, 7) is 7.30. The standard InChI is InChI=1S/C23H23F3N4O/c1-12(14-7-6-8-15(9-14)23(24,25)26)27-20-16-10-19-17(11-18(16)28-13(2)29-20)22(3,4)21(31)30(19)5/h6-12H,1-5H3,(H,27,28,29). The average Bonchev–Trinajstić information content (AvgIpc) is 2.86. The van der Waals surface area contributed by atoms with Gasteiger partial charge < -0.3 is 10.2 Å². The summed E-state index contributed by atoms with van der Waals surface area (Å²) >= 11 is 0. The summed E-state index contributed by atoms with van der Waals surface area (Å²) in [4.78, 5) is 23.3. The summed E-state index contributed by atoms with van der Waals surface area (Å²) in [5, 5.41) is 3.95. The minimum Gasteiger partial charge on any atom is -0.363 e. The third kappa shape index (κ3) is 3.49. The lowest BCUT2D eigenvalue weighted by Gasteiger charge is -2.19. The first-order valence-corrected chi connectivity index (χ1v) is 9.94. The Hall–Kier alpha value is -3.16. The normalized spacial score (nSPS) is 16.5. The third-order valence-corrected chi connectivity index (χ3v) is 5.87. The van der Waals surface area contributed by atoms with Crippen LogP contribution < -0.4 is 10.2 Å². The van der Waals surface area contributed by atoms with Gasteiger partial charge in [0.2, 0.25) is 5.91 Å². The van der Waals surface area contributed by atoms with Crippen molar-refractivity contribution in [2.24, 2.45) is 0 Å². The second kappa shape index (κ2) is 6.93. The molecule has 1 N–H and O–H groups in total. The summed E-state index contributed by atoms with van der Waals surface area (Å²) < 4.78 is 39.3. The lowest BCUT2D eigenvalue weighted by Crippen LogP contribution is -2.33. The molecule has 2 aromatic carbocycles. The van der Waals surface area contributed by atoms with Crippen molar-refractivity contribution in [1.82, 2.24) is 9.97 Å². The molecule has 0 saturated carbocycles. The zero-order valence-electron chi connectivity index (χ0n) is 17.9. The zero-order chi connectivity index (χ0) is 22.7. The Bertz CT molecular complexity index is 1200. The van der Waals surface area contributed by atoms with Crippen molar-refractivity contribution in [2.45, 2.75) is 45.3 Å². The predicted octanol–water partition coefficient (Wildman–Crippen LogP) is 5.38. The van der Waals surface area contributed by atoms with Crippen LogP contribution in [0.2, 0.25) is 0 Å². The monoisotopic (exact) mass is 428 g/mol. The number of aryl methyl sites for hydroxylation is 1. The van der Waals surface area contributed by atoms with Gasteiger partial charge in [0.05, 0.1) is 16.5 Å². The number of fused-ring (bicyclic) bond motifs is 2. The number of amides is 1. The molecule has 0 spiro atoms. The molecule has 0 radical (unpaired) electrons. The van der Waals surface area contributed by atoms with E-state index in [1.54, 1.807) is 31.9 Å². The molecule has 1 unspecified atom stereocenters. The van der Waals surface area contributed by atoms with Crippen molar-refractivity contribution in [3.8, 4) is 0 Å². The summed E-state index contributed by atoms with van der Waals surface area (Å²) in [5.74, 6) is 1.04. The molecule has 1 aromatic heterocycles. The number of carbonyl (C=O) groups is 1. The van der Waals surface area contributed by atoms with Gasteiger partial charge in [-0.1, -0.05) is 12.1 Å². The van der Waals surface area contributed by atoms with Crippen LogP contribution in [0.1, 0.15) is 49.3 Å². The average molecular weight is 428 g/mol. The highest BCUT2D eigenvalue weighted by molar-refractivity contribution is 6.10. The lowest BCUT2D eigenvalue weighted by molar-refractivity contribution is -0.137. The van der Waals surface area contributed by atoms with Gasteiger partial charge in [-0.2, -0.15) is 13.2 Å². The van der Waals surface area contributed by atoms with E-state index in [0.717, 1.165) is 23.4 Å². The summed E-state index contributed by atoms with van der Waals surface area (Å²) in [5.41, 5.74) is 1.50. The Morgan fingerprint density at radius 1 is 1.13 bits per heavy atom. The molecule has 5 nitrogen and oxygen atoms in total. The maximum Gasteiger partial charge on any atom is 0.416 e. The number of carbonyl (C=O) groups excluding carboxylic acids is 1. The highest BCUT2D eigenvalue weighted by Gasteiger charge is 2.42. The molecule has 3 aromatic rings. The molecule has 1 atom stereocenters. The summed E-state index contributed by atoms with van der Waals surface area (Å²) in [6, 6.07) is 8.59. The first kappa shape index (κ1) is 21.1. The van der Waals surface area contributed by atoms with Crippen LogP contribution in [-0.2, 0) is 16.4 Å². The molecule has 1 amide bonds. The molecule has 162 valence electrons. The SMILES string of the molecule is Cc1nc(NC(C)c2cccc(C(F)(F)F)c2)c2cc3c(cc2n1)C(C)(C)C(=O)N3C. The number of rotatable bonds is 3. The van der Waals surface area contributed by atoms with Crippen molar-refractivity contribution < 1.29 is 18.0 Å². The van der Waals surface area contributed by atoms with E-state index in [4.69, 9.17) is 0 Å². The highest BCUT2D eigenvalue weighted by Crippen LogP contribution is 2.43. The zero-order valence-corrected chi connectivity index (χ0v) is 17.9. The Labute approximate surface area is 178 Å². The maximum absolute atomic E-state index is 13.1. The van der Waals surface area contributed by atoms with Crippen molar-refractivity contribution in [1.29, 1.82) is 0 Å². The van der Waals surface area contributed by atoms with E-state index >= 15 is 0 Å². The Morgan fingerprint density at radius 3 is 2.52 bits per heavy atom. The van der Waals surface area contributed by atoms with Crippen LogP contribution in [0.4, 0.5) is 24.7 Å². The van der Waals surface area contributed by atoms with E-state index in [9.17, 15) is 18.0 Å². The number of hydrogen-bond acceptors (Lipinski definition) is 4. The second-order valence-electron chi connectivity index (χ2n) is 8.48. The van der Waals surface area contributed by atoms with Crippen LogP contribution in [0.25, 0.3) is 10.9 Å². The van der Waals surface area contributed by atoms with E-state index in [1.807, 2.05) is 26.0 Å². The number of hydrogen-bond donors (Lipinski definition) is 1. The molecule has 0 aliphatic carbocycles. The maximum atomic E-state index is 13.1. The van der Waals surface area contributed by atoms with E-state index in [1.165, 1.54) is 6.07 Å². The van der Waals surface area contributed by atoms with Gasteiger partial charge in [-0.05, 0) is 63.1 Å². The van der Waals surface area contributed by atoms with Crippen molar-refractivity contribution in [3.63, 3.8) is 0 Å². The summed E-state index contributed by atoms with van der Waals surface area (Å²) in [6.07, 6.45) is -4.40. The van der Waals surface area contributed by atoms with Crippen LogP contribution in [-0.4, -0.2) is 22.9 Å². The van der Waals surface area contributed by atoms with Gasteiger partial charge in [0, 0.05) is 24.2 Å². The molecule has 0 bridgehead atoms. The van der Waals surface area contributed by atoms with Gasteiger partial charge >= 0.3 is 6.18 Å². The number of nitrogens with one attached hydrogen (secondary N) is 1. The molecule has 8 heteroatoms. The first-order chi connectivity index (χ1) is 14.4. The molecule has 0 fully saturated rings. The number of anilines is 2. The van der Waals surface area contributed by atoms with Crippen molar-refractivity contribution in [2.75, 3.05) is 17.3 Å². The van der Waals surface area contributed by atoms with Crippen LogP contribution in [0.15, 0.2) is 36.4 Å². The Morgan fingerprint density at radius 2 is 1.84 bits per heavy atom. The number of aromatic nitrogens is 2. The molecular formula is C23H23F3N4O. The molecule has 1 aliphatic heterocycles. The minimum atomic E-state index is -4.40. The molecule has 4 rings (SSSR count). The molecule has 2 heterocycles. The third-order valence-electron chi connectivity index (χ3n) is 5.87. The van der Waals surface area contributed by atoms with E-state index in [2.05, 4.69) is 15.3 Å². The number of nitrogens with zero attached hydrogens (tertiary/aromatic N) is 3. The second-order valence-corrected chi connectivity index (χ2v) is 8.48. The van der Waals surface area contributed by atoms with Crippen molar-refractivity contribution >= 4 is 28.3 Å². The fourth-order valence-electron chi connectivity index (χ4n) is 4.09. The fraction of sp³-hybridized carbons (Fsp3) is 0.348. The molecule has 31 heavy (non-hydrogen) atoms. The quantitative estimate of drug-likeness (QED) is 0.608. The number of halogens is 3. The smallest absolute Gasteiger partial charge is 0.363 e. The van der Waals surface area contributed by atoms with Crippen LogP contribution >= 0.6 is 0 Å². The number of alkyl halides is 3. The van der Waals surface area contributed by atoms with Crippen LogP contribution in [0.3, 0.4) is 0 Å². The van der Waals surface area contributed by atoms with Crippen LogP contribution in [0.5, 0.6) is 0 Å². The molecule has 0 saturated heterocycles. The number of likely N-dealkylation sites (N-methyl/N-ethyl adjacent to an activating group) is 1. The lowest BCUT2D eigenvalue weighted by atomic mass is 9.85. The van der Waals surface area contributed by atoms with Gasteiger partial charge in [0.15, 0.2) is 0 Å². The first-order valence-electron chi connectivity index (χ1n) is 9.94.